The Morgan fingerprint density at radius 2 is 2.18 bits per heavy atom. The van der Waals surface area contributed by atoms with E-state index in [2.05, 4.69) is 25.3 Å². The average Bonchev–Trinajstić information content (AvgIpc) is 3.32. The number of carboxylic acid groups (broad SMARTS) is 1. The lowest BCUT2D eigenvalue weighted by Crippen LogP contribution is -2.11. The molecular weight excluding hydrogens is 372 g/mol. The lowest BCUT2D eigenvalue weighted by atomic mass is 10.2. The fourth-order valence-corrected chi connectivity index (χ4v) is 2.71. The molecule has 0 aliphatic heterocycles. The fourth-order valence-electron chi connectivity index (χ4n) is 2.71. The molecule has 4 aromatic rings. The number of hydrogen-bond donors (Lipinski definition) is 3. The van der Waals surface area contributed by atoms with E-state index in [4.69, 9.17) is 9.52 Å². The molecule has 10 heteroatoms. The number of hydrogen-bond acceptors (Lipinski definition) is 6. The summed E-state index contributed by atoms with van der Waals surface area (Å²) in [5.41, 5.74) is 0.729. The molecule has 0 saturated carbocycles. The van der Waals surface area contributed by atoms with E-state index in [1.165, 1.54) is 24.6 Å². The highest BCUT2D eigenvalue weighted by Crippen LogP contribution is 2.31. The fraction of sp³-hybridized carbons (Fsp3) is 0.111. The number of rotatable bonds is 6. The Hall–Kier alpha value is -3.82. The maximum Gasteiger partial charge on any atom is 0.305 e. The van der Waals surface area contributed by atoms with Gasteiger partial charge in [-0.15, -0.1) is 0 Å². The monoisotopic (exact) mass is 385 g/mol. The summed E-state index contributed by atoms with van der Waals surface area (Å²) in [6.07, 6.45) is 3.76. The molecule has 4 rings (SSSR count). The van der Waals surface area contributed by atoms with Crippen molar-refractivity contribution in [1.29, 1.82) is 0 Å². The van der Waals surface area contributed by atoms with E-state index in [1.807, 2.05) is 0 Å². The molecule has 0 atom stereocenters. The minimum atomic E-state index is -1.04. The van der Waals surface area contributed by atoms with E-state index in [0.29, 0.717) is 16.6 Å². The largest absolute Gasteiger partial charge is 0.481 e. The van der Waals surface area contributed by atoms with Gasteiger partial charge in [-0.2, -0.15) is 0 Å². The minimum Gasteiger partial charge on any atom is -0.481 e. The second-order valence-electron chi connectivity index (χ2n) is 5.86. The van der Waals surface area contributed by atoms with Crippen molar-refractivity contribution in [3.8, 4) is 22.8 Å². The maximum atomic E-state index is 14.9. The van der Waals surface area contributed by atoms with Gasteiger partial charge in [-0.25, -0.2) is 23.7 Å². The third-order valence-electron chi connectivity index (χ3n) is 3.98. The number of aliphatic carboxylic acids is 1. The highest BCUT2D eigenvalue weighted by molar-refractivity contribution is 5.92. The van der Waals surface area contributed by atoms with Gasteiger partial charge in [0.1, 0.15) is 17.2 Å². The normalized spacial score (nSPS) is 11.1. The highest BCUT2D eigenvalue weighted by atomic mass is 19.1. The zero-order valence-electron chi connectivity index (χ0n) is 14.2. The summed E-state index contributed by atoms with van der Waals surface area (Å²) in [7, 11) is 0. The Morgan fingerprint density at radius 1 is 1.32 bits per heavy atom. The van der Waals surface area contributed by atoms with Gasteiger partial charge in [-0.1, -0.05) is 0 Å². The third-order valence-corrected chi connectivity index (χ3v) is 3.98. The first kappa shape index (κ1) is 17.6. The van der Waals surface area contributed by atoms with E-state index in [1.54, 1.807) is 6.07 Å². The number of H-pyrrole nitrogens is 1. The second-order valence-corrected chi connectivity index (χ2v) is 5.86. The van der Waals surface area contributed by atoms with Crippen LogP contribution in [0.15, 0.2) is 41.3 Å². The van der Waals surface area contributed by atoms with Crippen molar-refractivity contribution in [2.45, 2.75) is 6.42 Å². The number of nitrogens with zero attached hydrogens (tertiary/aromatic N) is 3. The van der Waals surface area contributed by atoms with Crippen molar-refractivity contribution in [2.24, 2.45) is 0 Å². The van der Waals surface area contributed by atoms with Crippen LogP contribution in [0.25, 0.3) is 33.9 Å². The zero-order valence-corrected chi connectivity index (χ0v) is 14.2. The smallest absolute Gasteiger partial charge is 0.305 e. The molecule has 4 aromatic heterocycles. The van der Waals surface area contributed by atoms with Crippen LogP contribution in [0.2, 0.25) is 0 Å². The van der Waals surface area contributed by atoms with Crippen molar-refractivity contribution in [2.75, 3.05) is 11.9 Å². The lowest BCUT2D eigenvalue weighted by Gasteiger charge is -2.10. The summed E-state index contributed by atoms with van der Waals surface area (Å²) in [4.78, 5) is 26.0. The van der Waals surface area contributed by atoms with Gasteiger partial charge in [-0.05, 0) is 18.2 Å². The van der Waals surface area contributed by atoms with E-state index in [9.17, 15) is 13.6 Å². The SMILES string of the molecule is O=C(O)CCNc1nc(-c2c[nH]c3ncc(F)cc23)nc(-c2ccco2)c1F. The molecular formula is C18H13F2N5O3. The molecule has 4 heterocycles. The molecule has 0 amide bonds. The number of aromatic amines is 1. The van der Waals surface area contributed by atoms with Crippen LogP contribution in [-0.2, 0) is 4.79 Å². The topological polar surface area (TPSA) is 117 Å². The Morgan fingerprint density at radius 3 is 2.93 bits per heavy atom. The first-order valence-electron chi connectivity index (χ1n) is 8.23. The molecule has 0 aliphatic carbocycles. The number of carbonyl (C=O) groups is 1. The Labute approximate surface area is 156 Å². The van der Waals surface area contributed by atoms with Crippen molar-refractivity contribution in [3.63, 3.8) is 0 Å². The molecule has 3 N–H and O–H groups in total. The molecule has 0 unspecified atom stereocenters. The van der Waals surface area contributed by atoms with Gasteiger partial charge < -0.3 is 19.8 Å². The van der Waals surface area contributed by atoms with Crippen LogP contribution in [-0.4, -0.2) is 37.6 Å². The number of carboxylic acids is 1. The standard InChI is InChI=1S/C18H13F2N5O3/c19-9-6-10-11(8-23-16(10)22-7-9)17-24-15(12-2-1-5-28-12)14(20)18(25-17)21-4-3-13(26)27/h1-2,5-8H,3-4H2,(H,22,23)(H,26,27)(H,21,24,25). The summed E-state index contributed by atoms with van der Waals surface area (Å²) in [6.45, 7) is -0.0373. The summed E-state index contributed by atoms with van der Waals surface area (Å²) in [5, 5.41) is 11.9. The molecule has 28 heavy (non-hydrogen) atoms. The number of halogens is 2. The summed E-state index contributed by atoms with van der Waals surface area (Å²) >= 11 is 0. The van der Waals surface area contributed by atoms with Crippen LogP contribution in [0.1, 0.15) is 6.42 Å². The second kappa shape index (κ2) is 7.06. The Balaban J connectivity index is 1.85. The van der Waals surface area contributed by atoms with E-state index in [-0.39, 0.29) is 36.1 Å². The van der Waals surface area contributed by atoms with Crippen LogP contribution in [0.4, 0.5) is 14.6 Å². The van der Waals surface area contributed by atoms with Gasteiger partial charge >= 0.3 is 5.97 Å². The molecule has 142 valence electrons. The number of fused-ring (bicyclic) bond motifs is 1. The van der Waals surface area contributed by atoms with Crippen LogP contribution >= 0.6 is 0 Å². The Bertz CT molecular complexity index is 1160. The molecule has 0 aliphatic rings. The van der Waals surface area contributed by atoms with Gasteiger partial charge in [0.25, 0.3) is 0 Å². The number of furan rings is 1. The van der Waals surface area contributed by atoms with E-state index < -0.39 is 17.6 Å². The third kappa shape index (κ3) is 3.27. The molecule has 0 fully saturated rings. The van der Waals surface area contributed by atoms with Gasteiger partial charge in [0.2, 0.25) is 0 Å². The van der Waals surface area contributed by atoms with Crippen LogP contribution < -0.4 is 5.32 Å². The number of anilines is 1. The number of nitrogens with one attached hydrogen (secondary N) is 2. The first-order valence-corrected chi connectivity index (χ1v) is 8.23. The lowest BCUT2D eigenvalue weighted by molar-refractivity contribution is -0.136. The van der Waals surface area contributed by atoms with E-state index in [0.717, 1.165) is 6.20 Å². The van der Waals surface area contributed by atoms with Gasteiger partial charge in [0, 0.05) is 23.7 Å². The number of aromatic nitrogens is 4. The maximum absolute atomic E-state index is 14.9. The van der Waals surface area contributed by atoms with Gasteiger partial charge in [-0.3, -0.25) is 4.79 Å². The van der Waals surface area contributed by atoms with Gasteiger partial charge in [0.15, 0.2) is 23.2 Å². The molecule has 0 saturated heterocycles. The minimum absolute atomic E-state index is 0.0373. The molecule has 0 aromatic carbocycles. The van der Waals surface area contributed by atoms with Crippen LogP contribution in [0.5, 0.6) is 0 Å². The zero-order chi connectivity index (χ0) is 19.7. The summed E-state index contributed by atoms with van der Waals surface area (Å²) < 4.78 is 33.8. The van der Waals surface area contributed by atoms with E-state index >= 15 is 0 Å². The molecule has 0 radical (unpaired) electrons. The Kier molecular flexibility index (Phi) is 4.44. The van der Waals surface area contributed by atoms with Crippen molar-refractivity contribution >= 4 is 22.8 Å². The number of pyridine rings is 1. The molecule has 0 bridgehead atoms. The average molecular weight is 385 g/mol. The van der Waals surface area contributed by atoms with Crippen LogP contribution in [0.3, 0.4) is 0 Å². The quantitative estimate of drug-likeness (QED) is 0.465. The predicted octanol–water partition coefficient (Wildman–Crippen LogP) is 3.44. The molecule has 0 spiro atoms. The summed E-state index contributed by atoms with van der Waals surface area (Å²) in [6, 6.07) is 4.39. The van der Waals surface area contributed by atoms with Crippen molar-refractivity contribution in [3.05, 3.63) is 48.5 Å². The van der Waals surface area contributed by atoms with Gasteiger partial charge in [0.05, 0.1) is 18.9 Å². The summed E-state index contributed by atoms with van der Waals surface area (Å²) in [5.74, 6) is -2.27. The van der Waals surface area contributed by atoms with Crippen molar-refractivity contribution in [1.82, 2.24) is 19.9 Å². The predicted molar refractivity (Wildman–Crippen MR) is 95.5 cm³/mol. The first-order chi connectivity index (χ1) is 13.5. The molecule has 8 nitrogen and oxygen atoms in total. The van der Waals surface area contributed by atoms with Crippen molar-refractivity contribution < 1.29 is 23.1 Å². The highest BCUT2D eigenvalue weighted by Gasteiger charge is 2.20. The van der Waals surface area contributed by atoms with Crippen LogP contribution in [0, 0.1) is 11.6 Å².